The minimum atomic E-state index is -1.66. The van der Waals surface area contributed by atoms with Crippen molar-refractivity contribution < 1.29 is 10.0 Å². The van der Waals surface area contributed by atoms with E-state index in [-0.39, 0.29) is 20.3 Å². The summed E-state index contributed by atoms with van der Waals surface area (Å²) < 4.78 is 0. The summed E-state index contributed by atoms with van der Waals surface area (Å²) in [5.41, 5.74) is -1.66. The van der Waals surface area contributed by atoms with Gasteiger partial charge in [-0.15, -0.1) is 0 Å². The largest absolute Gasteiger partial charge is 0.331 e. The molecule has 0 aromatic heterocycles. The van der Waals surface area contributed by atoms with E-state index in [2.05, 4.69) is 0 Å². The topological polar surface area (TPSA) is 66.6 Å². The molecule has 12 heavy (non-hydrogen) atoms. The lowest BCUT2D eigenvalue weighted by Gasteiger charge is -2.29. The highest BCUT2D eigenvalue weighted by molar-refractivity contribution is 4.75. The number of likely N-dealkylation sites (tertiary alicyclic amines) is 1. The van der Waals surface area contributed by atoms with Gasteiger partial charge in [-0.3, -0.25) is 10.1 Å². The van der Waals surface area contributed by atoms with Crippen molar-refractivity contribution in [3.05, 3.63) is 10.1 Å². The van der Waals surface area contributed by atoms with Crippen LogP contribution in [0.1, 0.15) is 20.3 Å². The highest BCUT2D eigenvalue weighted by Gasteiger charge is 2.42. The molecule has 0 saturated carbocycles. The van der Waals surface area contributed by atoms with E-state index >= 15 is 0 Å². The summed E-state index contributed by atoms with van der Waals surface area (Å²) in [5.74, 6) is 0. The molecular weight excluding hydrogens is 160 g/mol. The molecule has 0 aliphatic carbocycles. The van der Waals surface area contributed by atoms with Crippen LogP contribution in [0.25, 0.3) is 0 Å². The number of piperidine rings is 1. The van der Waals surface area contributed by atoms with Gasteiger partial charge in [0.25, 0.3) is 0 Å². The van der Waals surface area contributed by atoms with Crippen molar-refractivity contribution in [2.45, 2.75) is 26.0 Å². The molecule has 0 atom stereocenters. The van der Waals surface area contributed by atoms with Gasteiger partial charge in [0.05, 0.1) is 17.8 Å². The highest BCUT2D eigenvalue weighted by atomic mass is 16.7. The van der Waals surface area contributed by atoms with E-state index in [9.17, 15) is 15.2 Å². The van der Waals surface area contributed by atoms with Crippen molar-refractivity contribution in [1.29, 1.82) is 0 Å². The fourth-order valence-electron chi connectivity index (χ4n) is 1.16. The SMILES string of the molecule is C.CN1CCC(O)([N+](=O)[O-])CC1. The molecule has 5 nitrogen and oxygen atoms in total. The molecule has 0 radical (unpaired) electrons. The number of hydrogen-bond donors (Lipinski definition) is 1. The molecule has 1 N–H and O–H groups in total. The van der Waals surface area contributed by atoms with Gasteiger partial charge in [0, 0.05) is 13.1 Å². The standard InChI is InChI=1S/C6H12N2O3.CH4/c1-7-4-2-6(9,3-5-7)8(10)11;/h9H,2-5H2,1H3;1H4. The third-order valence-corrected chi connectivity index (χ3v) is 2.13. The Labute approximate surface area is 72.1 Å². The summed E-state index contributed by atoms with van der Waals surface area (Å²) in [4.78, 5) is 11.7. The molecule has 0 bridgehead atoms. The Morgan fingerprint density at radius 2 is 1.92 bits per heavy atom. The van der Waals surface area contributed by atoms with Crippen molar-refractivity contribution in [3.8, 4) is 0 Å². The molecule has 72 valence electrons. The van der Waals surface area contributed by atoms with E-state index in [1.807, 2.05) is 11.9 Å². The van der Waals surface area contributed by atoms with Gasteiger partial charge < -0.3 is 10.0 Å². The zero-order valence-corrected chi connectivity index (χ0v) is 6.49. The zero-order valence-electron chi connectivity index (χ0n) is 6.49. The monoisotopic (exact) mass is 176 g/mol. The summed E-state index contributed by atoms with van der Waals surface area (Å²) >= 11 is 0. The van der Waals surface area contributed by atoms with Crippen molar-refractivity contribution in [3.63, 3.8) is 0 Å². The van der Waals surface area contributed by atoms with Gasteiger partial charge in [0.2, 0.25) is 0 Å². The van der Waals surface area contributed by atoms with Crippen LogP contribution in [-0.4, -0.2) is 40.8 Å². The van der Waals surface area contributed by atoms with Crippen LogP contribution in [-0.2, 0) is 0 Å². The number of rotatable bonds is 1. The van der Waals surface area contributed by atoms with Crippen molar-refractivity contribution >= 4 is 0 Å². The second-order valence-corrected chi connectivity index (χ2v) is 3.04. The van der Waals surface area contributed by atoms with E-state index in [4.69, 9.17) is 0 Å². The predicted molar refractivity (Wildman–Crippen MR) is 45.4 cm³/mol. The molecule has 1 aliphatic heterocycles. The van der Waals surface area contributed by atoms with Crippen LogP contribution in [0.2, 0.25) is 0 Å². The fourth-order valence-corrected chi connectivity index (χ4v) is 1.16. The van der Waals surface area contributed by atoms with Gasteiger partial charge in [-0.2, -0.15) is 0 Å². The first-order chi connectivity index (χ1) is 5.04. The molecule has 0 spiro atoms. The Balaban J connectivity index is 0.00000121. The van der Waals surface area contributed by atoms with Crippen molar-refractivity contribution in [1.82, 2.24) is 4.90 Å². The van der Waals surface area contributed by atoms with Crippen LogP contribution in [0.3, 0.4) is 0 Å². The maximum absolute atomic E-state index is 10.3. The van der Waals surface area contributed by atoms with Gasteiger partial charge >= 0.3 is 5.72 Å². The Kier molecular flexibility index (Phi) is 3.60. The first-order valence-electron chi connectivity index (χ1n) is 3.60. The number of nitro groups is 1. The van der Waals surface area contributed by atoms with Gasteiger partial charge in [0.15, 0.2) is 0 Å². The zero-order chi connectivity index (χ0) is 8.48. The summed E-state index contributed by atoms with van der Waals surface area (Å²) in [6.07, 6.45) is 0.465. The lowest BCUT2D eigenvalue weighted by Crippen LogP contribution is -2.47. The molecule has 5 heteroatoms. The molecule has 0 aromatic rings. The Bertz CT molecular complexity index is 164. The van der Waals surface area contributed by atoms with Crippen LogP contribution >= 0.6 is 0 Å². The minimum absolute atomic E-state index is 0. The van der Waals surface area contributed by atoms with Crippen LogP contribution in [0.15, 0.2) is 0 Å². The summed E-state index contributed by atoms with van der Waals surface area (Å²) in [6.45, 7) is 1.19. The minimum Gasteiger partial charge on any atom is -0.331 e. The van der Waals surface area contributed by atoms with E-state index in [0.29, 0.717) is 13.1 Å². The Morgan fingerprint density at radius 3 is 2.25 bits per heavy atom. The number of aliphatic hydroxyl groups is 1. The predicted octanol–water partition coefficient (Wildman–Crippen LogP) is 0.313. The quantitative estimate of drug-likeness (QED) is 0.355. The molecule has 0 amide bonds. The van der Waals surface area contributed by atoms with E-state index in [0.717, 1.165) is 0 Å². The first kappa shape index (κ1) is 11.3. The second kappa shape index (κ2) is 3.82. The molecule has 1 saturated heterocycles. The average Bonchev–Trinajstić information content (AvgIpc) is 1.95. The third-order valence-electron chi connectivity index (χ3n) is 2.13. The fraction of sp³-hybridized carbons (Fsp3) is 1.00. The first-order valence-corrected chi connectivity index (χ1v) is 3.60. The van der Waals surface area contributed by atoms with Gasteiger partial charge in [0.1, 0.15) is 0 Å². The maximum Gasteiger partial charge on any atom is 0.324 e. The summed E-state index contributed by atoms with van der Waals surface area (Å²) in [6, 6.07) is 0. The van der Waals surface area contributed by atoms with Crippen LogP contribution in [0.4, 0.5) is 0 Å². The van der Waals surface area contributed by atoms with Crippen LogP contribution < -0.4 is 0 Å². The summed E-state index contributed by atoms with van der Waals surface area (Å²) in [5, 5.41) is 19.7. The second-order valence-electron chi connectivity index (χ2n) is 3.04. The van der Waals surface area contributed by atoms with Crippen molar-refractivity contribution in [2.75, 3.05) is 20.1 Å². The molecule has 1 heterocycles. The van der Waals surface area contributed by atoms with Gasteiger partial charge in [-0.1, -0.05) is 7.43 Å². The molecule has 0 unspecified atom stereocenters. The number of hydrogen-bond acceptors (Lipinski definition) is 4. The molecule has 1 fully saturated rings. The molecule has 0 aromatic carbocycles. The van der Waals surface area contributed by atoms with Crippen molar-refractivity contribution in [2.24, 2.45) is 0 Å². The molecule has 1 aliphatic rings. The number of nitrogens with zero attached hydrogens (tertiary/aromatic N) is 2. The Hall–Kier alpha value is -0.680. The van der Waals surface area contributed by atoms with Crippen LogP contribution in [0.5, 0.6) is 0 Å². The van der Waals surface area contributed by atoms with Gasteiger partial charge in [-0.25, -0.2) is 0 Å². The third kappa shape index (κ3) is 2.15. The van der Waals surface area contributed by atoms with E-state index < -0.39 is 10.6 Å². The molecule has 1 rings (SSSR count). The smallest absolute Gasteiger partial charge is 0.324 e. The van der Waals surface area contributed by atoms with Crippen LogP contribution in [0, 0.1) is 10.1 Å². The van der Waals surface area contributed by atoms with Gasteiger partial charge in [-0.05, 0) is 7.05 Å². The lowest BCUT2D eigenvalue weighted by atomic mass is 10.0. The average molecular weight is 176 g/mol. The normalized spacial score (nSPS) is 22.8. The Morgan fingerprint density at radius 1 is 1.50 bits per heavy atom. The van der Waals surface area contributed by atoms with E-state index in [1.54, 1.807) is 0 Å². The maximum atomic E-state index is 10.3. The lowest BCUT2D eigenvalue weighted by molar-refractivity contribution is -0.629. The molecular formula is C7H16N2O3. The highest BCUT2D eigenvalue weighted by Crippen LogP contribution is 2.21. The van der Waals surface area contributed by atoms with E-state index in [1.165, 1.54) is 0 Å². The summed E-state index contributed by atoms with van der Waals surface area (Å²) in [7, 11) is 1.89.